The second-order valence-corrected chi connectivity index (χ2v) is 10.6. The third-order valence-electron chi connectivity index (χ3n) is 4.35. The second-order valence-electron chi connectivity index (χ2n) is 7.73. The summed E-state index contributed by atoms with van der Waals surface area (Å²) >= 11 is 12.1. The maximum absolute atomic E-state index is 12.9. The lowest BCUT2D eigenvalue weighted by molar-refractivity contribution is 0.0163. The molecule has 0 saturated carbocycles. The molecule has 1 aromatic carbocycles. The Kier molecular flexibility index (Phi) is 7.06. The zero-order chi connectivity index (χ0) is 20.4. The summed E-state index contributed by atoms with van der Waals surface area (Å²) in [5.74, 6) is -0.244. The Balaban J connectivity index is 2.09. The number of hydrogen-bond donors (Lipinski definition) is 0. The van der Waals surface area contributed by atoms with Crippen LogP contribution in [0.15, 0.2) is 18.2 Å². The number of halogens is 2. The lowest BCUT2D eigenvalue weighted by Crippen LogP contribution is -2.51. The topological polar surface area (TPSA) is 66.9 Å². The molecule has 6 nitrogen and oxygen atoms in total. The first-order chi connectivity index (χ1) is 12.4. The Bertz CT molecular complexity index is 793. The minimum atomic E-state index is -3.63. The molecule has 27 heavy (non-hydrogen) atoms. The number of carbonyl (C=O) groups excluding carboxylic acids is 1. The normalized spacial score (nSPS) is 18.6. The number of piperidine rings is 1. The molecule has 1 amide bonds. The number of ether oxygens (including phenoxy) is 1. The SMILES string of the molecule is CN(C1CCCN(C(=O)OC(C)(C)C)C1)S(=O)(=O)Cc1cc(Cl)ccc1Cl. The quantitative estimate of drug-likeness (QED) is 0.710. The van der Waals surface area contributed by atoms with E-state index in [0.717, 1.165) is 0 Å². The van der Waals surface area contributed by atoms with Crippen molar-refractivity contribution in [1.29, 1.82) is 0 Å². The summed E-state index contributed by atoms with van der Waals surface area (Å²) in [4.78, 5) is 13.9. The Labute approximate surface area is 171 Å². The van der Waals surface area contributed by atoms with E-state index in [1.165, 1.54) is 11.4 Å². The summed E-state index contributed by atoms with van der Waals surface area (Å²) < 4.78 is 32.5. The molecule has 0 aliphatic carbocycles. The van der Waals surface area contributed by atoms with Gasteiger partial charge in [-0.15, -0.1) is 0 Å². The van der Waals surface area contributed by atoms with Crippen LogP contribution in [-0.2, 0) is 20.5 Å². The number of carbonyl (C=O) groups is 1. The smallest absolute Gasteiger partial charge is 0.410 e. The average molecular weight is 437 g/mol. The van der Waals surface area contributed by atoms with Crippen molar-refractivity contribution in [3.05, 3.63) is 33.8 Å². The molecular formula is C18H26Cl2N2O4S. The van der Waals surface area contributed by atoms with Crippen LogP contribution in [0.4, 0.5) is 4.79 Å². The van der Waals surface area contributed by atoms with E-state index in [1.807, 2.05) is 0 Å². The van der Waals surface area contributed by atoms with Gasteiger partial charge in [0, 0.05) is 36.2 Å². The zero-order valence-corrected chi connectivity index (χ0v) is 18.4. The van der Waals surface area contributed by atoms with E-state index < -0.39 is 21.7 Å². The maximum Gasteiger partial charge on any atom is 0.410 e. The second kappa shape index (κ2) is 8.55. The summed E-state index contributed by atoms with van der Waals surface area (Å²) in [5.41, 5.74) is -0.137. The molecule has 1 fully saturated rings. The first-order valence-corrected chi connectivity index (χ1v) is 11.1. The van der Waals surface area contributed by atoms with Crippen LogP contribution in [0.25, 0.3) is 0 Å². The lowest BCUT2D eigenvalue weighted by Gasteiger charge is -2.37. The van der Waals surface area contributed by atoms with Crippen LogP contribution in [0.5, 0.6) is 0 Å². The van der Waals surface area contributed by atoms with Crippen molar-refractivity contribution in [2.45, 2.75) is 51.0 Å². The summed E-state index contributed by atoms with van der Waals surface area (Å²) in [6.07, 6.45) is 0.968. The minimum Gasteiger partial charge on any atom is -0.444 e. The van der Waals surface area contributed by atoms with Gasteiger partial charge in [0.2, 0.25) is 10.0 Å². The number of likely N-dealkylation sites (N-methyl/N-ethyl adjacent to an activating group) is 1. The first-order valence-electron chi connectivity index (χ1n) is 8.76. The average Bonchev–Trinajstić information content (AvgIpc) is 2.56. The van der Waals surface area contributed by atoms with Gasteiger partial charge >= 0.3 is 6.09 Å². The molecule has 1 aromatic rings. The number of sulfonamides is 1. The minimum absolute atomic E-state index is 0.244. The molecule has 152 valence electrons. The van der Waals surface area contributed by atoms with Crippen LogP contribution < -0.4 is 0 Å². The fourth-order valence-corrected chi connectivity index (χ4v) is 4.84. The van der Waals surface area contributed by atoms with Crippen molar-refractivity contribution >= 4 is 39.3 Å². The molecule has 2 rings (SSSR count). The van der Waals surface area contributed by atoms with Crippen molar-refractivity contribution in [2.24, 2.45) is 0 Å². The molecule has 1 aliphatic rings. The predicted octanol–water partition coefficient (Wildman–Crippen LogP) is 4.15. The van der Waals surface area contributed by atoms with Crippen molar-refractivity contribution in [3.63, 3.8) is 0 Å². The molecule has 1 saturated heterocycles. The number of rotatable bonds is 4. The van der Waals surface area contributed by atoms with Gasteiger partial charge in [-0.2, -0.15) is 4.31 Å². The van der Waals surface area contributed by atoms with Gasteiger partial charge in [-0.1, -0.05) is 23.2 Å². The van der Waals surface area contributed by atoms with Crippen LogP contribution in [-0.4, -0.2) is 55.5 Å². The monoisotopic (exact) mass is 436 g/mol. The maximum atomic E-state index is 12.9. The van der Waals surface area contributed by atoms with Crippen molar-refractivity contribution in [3.8, 4) is 0 Å². The Morgan fingerprint density at radius 2 is 2.00 bits per heavy atom. The Hall–Kier alpha value is -1.02. The number of likely N-dealkylation sites (tertiary alicyclic amines) is 1. The van der Waals surface area contributed by atoms with Gasteiger partial charge in [0.05, 0.1) is 5.75 Å². The van der Waals surface area contributed by atoms with E-state index in [0.29, 0.717) is 41.5 Å². The summed E-state index contributed by atoms with van der Waals surface area (Å²) in [6.45, 7) is 6.26. The van der Waals surface area contributed by atoms with Gasteiger partial charge in [0.25, 0.3) is 0 Å². The number of benzene rings is 1. The van der Waals surface area contributed by atoms with Gasteiger partial charge in [-0.3, -0.25) is 0 Å². The zero-order valence-electron chi connectivity index (χ0n) is 16.0. The summed E-state index contributed by atoms with van der Waals surface area (Å²) in [7, 11) is -2.09. The van der Waals surface area contributed by atoms with Crippen LogP contribution in [0.1, 0.15) is 39.2 Å². The van der Waals surface area contributed by atoms with Crippen LogP contribution in [0.2, 0.25) is 10.0 Å². The molecule has 1 aliphatic heterocycles. The summed E-state index contributed by atoms with van der Waals surface area (Å²) in [6, 6.07) is 4.45. The molecule has 1 atom stereocenters. The molecule has 1 unspecified atom stereocenters. The van der Waals surface area contributed by atoms with Crippen molar-refractivity contribution in [1.82, 2.24) is 9.21 Å². The van der Waals surface area contributed by atoms with E-state index in [4.69, 9.17) is 27.9 Å². The highest BCUT2D eigenvalue weighted by Gasteiger charge is 2.34. The van der Waals surface area contributed by atoms with E-state index in [-0.39, 0.29) is 11.8 Å². The third-order valence-corrected chi connectivity index (χ3v) is 6.80. The van der Waals surface area contributed by atoms with E-state index >= 15 is 0 Å². The van der Waals surface area contributed by atoms with Gasteiger partial charge in [-0.25, -0.2) is 13.2 Å². The number of nitrogens with zero attached hydrogens (tertiary/aromatic N) is 2. The number of amides is 1. The van der Waals surface area contributed by atoms with Gasteiger partial charge in [-0.05, 0) is 57.4 Å². The van der Waals surface area contributed by atoms with Crippen LogP contribution in [0, 0.1) is 0 Å². The van der Waals surface area contributed by atoms with Gasteiger partial charge in [0.1, 0.15) is 5.60 Å². The summed E-state index contributed by atoms with van der Waals surface area (Å²) in [5, 5.41) is 0.788. The third kappa shape index (κ3) is 6.24. The largest absolute Gasteiger partial charge is 0.444 e. The Morgan fingerprint density at radius 3 is 2.63 bits per heavy atom. The fraction of sp³-hybridized carbons (Fsp3) is 0.611. The molecular weight excluding hydrogens is 411 g/mol. The molecule has 0 bridgehead atoms. The van der Waals surface area contributed by atoms with E-state index in [2.05, 4.69) is 0 Å². The van der Waals surface area contributed by atoms with Crippen molar-refractivity contribution < 1.29 is 17.9 Å². The lowest BCUT2D eigenvalue weighted by atomic mass is 10.1. The number of hydrogen-bond acceptors (Lipinski definition) is 4. The molecule has 0 spiro atoms. The van der Waals surface area contributed by atoms with Crippen LogP contribution >= 0.6 is 23.2 Å². The molecule has 0 aromatic heterocycles. The Morgan fingerprint density at radius 1 is 1.33 bits per heavy atom. The van der Waals surface area contributed by atoms with E-state index in [9.17, 15) is 13.2 Å². The highest BCUT2D eigenvalue weighted by molar-refractivity contribution is 7.88. The first kappa shape index (κ1) is 22.3. The van der Waals surface area contributed by atoms with Crippen molar-refractivity contribution in [2.75, 3.05) is 20.1 Å². The molecule has 1 heterocycles. The standard InChI is InChI=1S/C18H26Cl2N2O4S/c1-18(2,3)26-17(23)22-9-5-6-15(11-22)21(4)27(24,25)12-13-10-14(19)7-8-16(13)20/h7-8,10,15H,5-6,9,11-12H2,1-4H3. The molecule has 0 radical (unpaired) electrons. The predicted molar refractivity (Wildman–Crippen MR) is 108 cm³/mol. The van der Waals surface area contributed by atoms with Crippen LogP contribution in [0.3, 0.4) is 0 Å². The van der Waals surface area contributed by atoms with Gasteiger partial charge in [0.15, 0.2) is 0 Å². The molecule has 0 N–H and O–H groups in total. The van der Waals surface area contributed by atoms with Gasteiger partial charge < -0.3 is 9.64 Å². The van der Waals surface area contributed by atoms with E-state index in [1.54, 1.807) is 43.9 Å². The highest BCUT2D eigenvalue weighted by atomic mass is 35.5. The molecule has 9 heteroatoms. The highest BCUT2D eigenvalue weighted by Crippen LogP contribution is 2.26. The fourth-order valence-electron chi connectivity index (χ4n) is 2.92.